The van der Waals surface area contributed by atoms with Gasteiger partial charge in [0.25, 0.3) is 5.91 Å². The second-order valence-corrected chi connectivity index (χ2v) is 6.68. The van der Waals surface area contributed by atoms with E-state index >= 15 is 0 Å². The van der Waals surface area contributed by atoms with Crippen molar-refractivity contribution in [1.82, 2.24) is 15.2 Å². The predicted octanol–water partition coefficient (Wildman–Crippen LogP) is 1.09. The molecule has 0 aliphatic carbocycles. The van der Waals surface area contributed by atoms with E-state index in [1.807, 2.05) is 0 Å². The lowest BCUT2D eigenvalue weighted by Crippen LogP contribution is -2.77. The van der Waals surface area contributed by atoms with Crippen LogP contribution in [0.5, 0.6) is 5.88 Å². The number of aromatic nitrogens is 1. The minimum atomic E-state index is -1.26. The first-order valence-electron chi connectivity index (χ1n) is 9.01. The van der Waals surface area contributed by atoms with Crippen LogP contribution >= 0.6 is 0 Å². The van der Waals surface area contributed by atoms with Crippen LogP contribution in [-0.4, -0.2) is 72.9 Å². The highest BCUT2D eigenvalue weighted by Gasteiger charge is 2.63. The van der Waals surface area contributed by atoms with Gasteiger partial charge in [0.2, 0.25) is 5.88 Å². The average molecular weight is 409 g/mol. The molecule has 0 bridgehead atoms. The number of halogens is 1. The van der Waals surface area contributed by atoms with E-state index in [1.165, 1.54) is 37.3 Å². The van der Waals surface area contributed by atoms with Gasteiger partial charge < -0.3 is 34.3 Å². The largest absolute Gasteiger partial charge is 0.508 e. The smallest absolute Gasteiger partial charge is 0.259 e. The fraction of sp³-hybridized carbons (Fsp3) is 0.474. The van der Waals surface area contributed by atoms with Gasteiger partial charge in [-0.25, -0.2) is 9.37 Å². The molecule has 1 amide bonds. The van der Waals surface area contributed by atoms with Crippen LogP contribution in [0.25, 0.3) is 0 Å². The van der Waals surface area contributed by atoms with E-state index in [0.717, 1.165) is 6.20 Å². The van der Waals surface area contributed by atoms with Gasteiger partial charge in [0, 0.05) is 32.9 Å². The number of methoxy groups -OCH3 is 2. The van der Waals surface area contributed by atoms with Gasteiger partial charge in [0.15, 0.2) is 5.60 Å². The highest BCUT2D eigenvalue weighted by atomic mass is 19.1. The number of rotatable bonds is 10. The molecule has 0 radical (unpaired) electrons. The molecule has 1 aromatic heterocycles. The normalized spacial score (nSPS) is 26.0. The number of allylic oxidation sites excluding steroid dienone is 1. The SMILES string of the molecule is COCOC1(CC2C=C(O)C=CN2)C(=O)N(COC)C1COc1ccc(F)cn1. The molecule has 29 heavy (non-hydrogen) atoms. The fourth-order valence-corrected chi connectivity index (χ4v) is 3.45. The van der Waals surface area contributed by atoms with Crippen molar-refractivity contribution >= 4 is 5.91 Å². The highest BCUT2D eigenvalue weighted by molar-refractivity contribution is 5.93. The molecule has 0 saturated carbocycles. The zero-order valence-electron chi connectivity index (χ0n) is 16.2. The second kappa shape index (κ2) is 9.21. The Labute approximate surface area is 167 Å². The summed E-state index contributed by atoms with van der Waals surface area (Å²) >= 11 is 0. The lowest BCUT2D eigenvalue weighted by atomic mass is 9.77. The van der Waals surface area contributed by atoms with Gasteiger partial charge in [-0.15, -0.1) is 0 Å². The number of pyridine rings is 1. The van der Waals surface area contributed by atoms with Crippen molar-refractivity contribution < 1.29 is 33.2 Å². The maximum atomic E-state index is 13.1. The quantitative estimate of drug-likeness (QED) is 0.437. The third-order valence-corrected chi connectivity index (χ3v) is 4.79. The standard InChI is InChI=1S/C19H24FN3O6/c1-26-11-23-16(10-28-17-4-3-13(20)9-22-17)19(18(23)25,29-12-27-2)8-14-7-15(24)5-6-21-14/h3-7,9,14,16,21,24H,8,10-12H2,1-2H3. The van der Waals surface area contributed by atoms with Gasteiger partial charge in [-0.2, -0.15) is 0 Å². The number of dihydropyridines is 1. The highest BCUT2D eigenvalue weighted by Crippen LogP contribution is 2.39. The van der Waals surface area contributed by atoms with Crippen molar-refractivity contribution in [2.45, 2.75) is 24.1 Å². The summed E-state index contributed by atoms with van der Waals surface area (Å²) in [6.45, 7) is 0.00665. The van der Waals surface area contributed by atoms with Crippen LogP contribution in [0.4, 0.5) is 4.39 Å². The maximum Gasteiger partial charge on any atom is 0.259 e. The zero-order valence-corrected chi connectivity index (χ0v) is 16.2. The van der Waals surface area contributed by atoms with Crippen LogP contribution in [0.3, 0.4) is 0 Å². The molecule has 1 aromatic rings. The van der Waals surface area contributed by atoms with E-state index in [1.54, 1.807) is 12.3 Å². The average Bonchev–Trinajstić information content (AvgIpc) is 2.72. The third kappa shape index (κ3) is 4.50. The van der Waals surface area contributed by atoms with E-state index in [-0.39, 0.29) is 50.1 Å². The Hall–Kier alpha value is -2.69. The molecule has 3 heterocycles. The van der Waals surface area contributed by atoms with Gasteiger partial charge in [-0.05, 0) is 18.2 Å². The number of carbonyl (C=O) groups excluding carboxylic acids is 1. The summed E-state index contributed by atoms with van der Waals surface area (Å²) in [6, 6.07) is 1.79. The Morgan fingerprint density at radius 1 is 1.34 bits per heavy atom. The monoisotopic (exact) mass is 409 g/mol. The number of hydrogen-bond acceptors (Lipinski definition) is 8. The minimum absolute atomic E-state index is 0.0513. The first-order valence-corrected chi connectivity index (χ1v) is 9.01. The van der Waals surface area contributed by atoms with Crippen LogP contribution in [0.15, 0.2) is 42.4 Å². The van der Waals surface area contributed by atoms with E-state index in [0.29, 0.717) is 0 Å². The number of amides is 1. The van der Waals surface area contributed by atoms with Crippen LogP contribution in [-0.2, 0) is 19.0 Å². The summed E-state index contributed by atoms with van der Waals surface area (Å²) in [6.07, 6.45) is 6.00. The molecule has 9 nitrogen and oxygen atoms in total. The van der Waals surface area contributed by atoms with Gasteiger partial charge in [-0.1, -0.05) is 0 Å². The summed E-state index contributed by atoms with van der Waals surface area (Å²) in [4.78, 5) is 18.4. The predicted molar refractivity (Wildman–Crippen MR) is 99.3 cm³/mol. The molecule has 1 saturated heterocycles. The van der Waals surface area contributed by atoms with Crippen molar-refractivity contribution in [3.63, 3.8) is 0 Å². The molecule has 3 unspecified atom stereocenters. The number of likely N-dealkylation sites (tertiary alicyclic amines) is 1. The van der Waals surface area contributed by atoms with Crippen LogP contribution in [0.2, 0.25) is 0 Å². The minimum Gasteiger partial charge on any atom is -0.508 e. The fourth-order valence-electron chi connectivity index (χ4n) is 3.45. The van der Waals surface area contributed by atoms with E-state index in [2.05, 4.69) is 10.3 Å². The van der Waals surface area contributed by atoms with Crippen LogP contribution in [0, 0.1) is 5.82 Å². The second-order valence-electron chi connectivity index (χ2n) is 6.68. The van der Waals surface area contributed by atoms with Crippen molar-refractivity contribution in [1.29, 1.82) is 0 Å². The first kappa shape index (κ1) is 21.0. The van der Waals surface area contributed by atoms with Crippen molar-refractivity contribution in [2.24, 2.45) is 0 Å². The van der Waals surface area contributed by atoms with E-state index < -0.39 is 17.5 Å². The van der Waals surface area contributed by atoms with E-state index in [4.69, 9.17) is 18.9 Å². The molecule has 3 rings (SSSR count). The molecule has 2 aliphatic heterocycles. The number of hydrogen-bond donors (Lipinski definition) is 2. The number of β-lactam (4-membered cyclic amide) rings is 1. The van der Waals surface area contributed by atoms with Crippen LogP contribution in [0.1, 0.15) is 6.42 Å². The number of aliphatic hydroxyl groups is 1. The van der Waals surface area contributed by atoms with Gasteiger partial charge >= 0.3 is 0 Å². The molecular weight excluding hydrogens is 385 g/mol. The number of nitrogens with zero attached hydrogens (tertiary/aromatic N) is 2. The molecule has 0 spiro atoms. The Bertz CT molecular complexity index is 772. The molecule has 158 valence electrons. The van der Waals surface area contributed by atoms with E-state index in [9.17, 15) is 14.3 Å². The van der Waals surface area contributed by atoms with Crippen molar-refractivity contribution in [2.75, 3.05) is 34.4 Å². The molecule has 1 fully saturated rings. The van der Waals surface area contributed by atoms with Crippen molar-refractivity contribution in [3.05, 3.63) is 48.3 Å². The third-order valence-electron chi connectivity index (χ3n) is 4.79. The number of ether oxygens (including phenoxy) is 4. The summed E-state index contributed by atoms with van der Waals surface area (Å²) in [5.74, 6) is -0.432. The molecular formula is C19H24FN3O6. The Morgan fingerprint density at radius 3 is 2.83 bits per heavy atom. The lowest BCUT2D eigenvalue weighted by Gasteiger charge is -2.55. The van der Waals surface area contributed by atoms with Gasteiger partial charge in [0.05, 0.1) is 12.2 Å². The molecule has 2 N–H and O–H groups in total. The zero-order chi connectivity index (χ0) is 20.9. The summed E-state index contributed by atoms with van der Waals surface area (Å²) in [7, 11) is 2.95. The summed E-state index contributed by atoms with van der Waals surface area (Å²) in [5, 5.41) is 12.9. The lowest BCUT2D eigenvalue weighted by molar-refractivity contribution is -0.239. The summed E-state index contributed by atoms with van der Waals surface area (Å²) in [5.41, 5.74) is -1.26. The van der Waals surface area contributed by atoms with Gasteiger partial charge in [0.1, 0.15) is 37.7 Å². The molecule has 0 aromatic carbocycles. The number of nitrogens with one attached hydrogen (secondary N) is 1. The molecule has 2 aliphatic rings. The number of carbonyl (C=O) groups is 1. The Morgan fingerprint density at radius 2 is 2.17 bits per heavy atom. The first-order chi connectivity index (χ1) is 14.0. The maximum absolute atomic E-state index is 13.1. The van der Waals surface area contributed by atoms with Gasteiger partial charge in [-0.3, -0.25) is 4.79 Å². The van der Waals surface area contributed by atoms with Crippen LogP contribution < -0.4 is 10.1 Å². The Kier molecular flexibility index (Phi) is 6.68. The summed E-state index contributed by atoms with van der Waals surface area (Å²) < 4.78 is 34.8. The molecule has 10 heteroatoms. The van der Waals surface area contributed by atoms with Crippen molar-refractivity contribution in [3.8, 4) is 5.88 Å². The molecule has 3 atom stereocenters. The number of aliphatic hydroxyl groups excluding tert-OH is 1. The topological polar surface area (TPSA) is 102 Å². The Balaban J connectivity index is 1.80.